The molecule has 0 fully saturated rings. The van der Waals surface area contributed by atoms with E-state index in [1.807, 2.05) is 49.1 Å². The van der Waals surface area contributed by atoms with E-state index in [0.29, 0.717) is 6.54 Å². The first kappa shape index (κ1) is 15.6. The Morgan fingerprint density at radius 1 is 1.32 bits per heavy atom. The van der Waals surface area contributed by atoms with Crippen molar-refractivity contribution in [1.82, 2.24) is 4.90 Å². The van der Waals surface area contributed by atoms with Crippen LogP contribution in [0, 0.1) is 0 Å². The van der Waals surface area contributed by atoms with Crippen molar-refractivity contribution in [3.05, 3.63) is 35.9 Å². The van der Waals surface area contributed by atoms with E-state index in [-0.39, 0.29) is 16.9 Å². The number of thiocarbonyl (C=S) groups is 1. The molecule has 0 aliphatic rings. The summed E-state index contributed by atoms with van der Waals surface area (Å²) in [5.41, 5.74) is 6.65. The van der Waals surface area contributed by atoms with Gasteiger partial charge < -0.3 is 10.6 Å². The maximum atomic E-state index is 12.7. The molecule has 1 aromatic rings. The number of carbonyl (C=O) groups excluding carboxylic acids is 1. The number of hydrogen-bond acceptors (Lipinski definition) is 2. The number of carbonyl (C=O) groups is 1. The van der Waals surface area contributed by atoms with Gasteiger partial charge in [-0.3, -0.25) is 4.79 Å². The molecule has 2 N–H and O–H groups in total. The lowest BCUT2D eigenvalue weighted by atomic mass is 9.96. The maximum Gasteiger partial charge on any atom is 0.237 e. The van der Waals surface area contributed by atoms with Gasteiger partial charge in [0.1, 0.15) is 5.92 Å². The molecule has 0 aliphatic carbocycles. The standard InChI is InChI=1S/C15H22N2OS/c1-4-11(3)17(5-2)15(18)13(14(16)19)12-9-7-6-8-10-12/h6-11,13H,4-5H2,1-3H3,(H2,16,19). The summed E-state index contributed by atoms with van der Waals surface area (Å²) in [6.45, 7) is 6.76. The van der Waals surface area contributed by atoms with Crippen molar-refractivity contribution in [1.29, 1.82) is 0 Å². The molecule has 2 unspecified atom stereocenters. The molecule has 0 heterocycles. The Hall–Kier alpha value is -1.42. The van der Waals surface area contributed by atoms with Crippen molar-refractivity contribution in [3.63, 3.8) is 0 Å². The Morgan fingerprint density at radius 3 is 2.32 bits per heavy atom. The number of nitrogens with zero attached hydrogens (tertiary/aromatic N) is 1. The van der Waals surface area contributed by atoms with Gasteiger partial charge in [-0.2, -0.15) is 0 Å². The number of benzene rings is 1. The summed E-state index contributed by atoms with van der Waals surface area (Å²) in [5, 5.41) is 0. The minimum atomic E-state index is -0.523. The van der Waals surface area contributed by atoms with Crippen LogP contribution in [0.5, 0.6) is 0 Å². The first-order valence-electron chi connectivity index (χ1n) is 6.67. The Bertz CT molecular complexity index is 433. The second kappa shape index (κ2) is 7.24. The molecule has 4 heteroatoms. The van der Waals surface area contributed by atoms with Crippen LogP contribution >= 0.6 is 12.2 Å². The Balaban J connectivity index is 3.06. The van der Waals surface area contributed by atoms with Crippen LogP contribution in [0.25, 0.3) is 0 Å². The summed E-state index contributed by atoms with van der Waals surface area (Å²) >= 11 is 5.10. The molecule has 0 spiro atoms. The highest BCUT2D eigenvalue weighted by atomic mass is 32.1. The van der Waals surface area contributed by atoms with Gasteiger partial charge >= 0.3 is 0 Å². The molecular formula is C15H22N2OS. The highest BCUT2D eigenvalue weighted by molar-refractivity contribution is 7.80. The van der Waals surface area contributed by atoms with E-state index in [0.717, 1.165) is 12.0 Å². The van der Waals surface area contributed by atoms with Crippen LogP contribution in [0.3, 0.4) is 0 Å². The zero-order chi connectivity index (χ0) is 14.4. The molecule has 0 saturated heterocycles. The lowest BCUT2D eigenvalue weighted by molar-refractivity contribution is -0.133. The zero-order valence-corrected chi connectivity index (χ0v) is 12.6. The Labute approximate surface area is 120 Å². The number of amides is 1. The predicted molar refractivity (Wildman–Crippen MR) is 83.1 cm³/mol. The summed E-state index contributed by atoms with van der Waals surface area (Å²) in [4.78, 5) is 14.8. The third-order valence-electron chi connectivity index (χ3n) is 3.41. The van der Waals surface area contributed by atoms with Crippen molar-refractivity contribution >= 4 is 23.1 Å². The second-order valence-electron chi connectivity index (χ2n) is 4.63. The predicted octanol–water partition coefficient (Wildman–Crippen LogP) is 2.70. The molecule has 1 rings (SSSR count). The quantitative estimate of drug-likeness (QED) is 0.814. The van der Waals surface area contributed by atoms with Gasteiger partial charge in [-0.1, -0.05) is 49.5 Å². The van der Waals surface area contributed by atoms with Gasteiger partial charge in [-0.05, 0) is 25.8 Å². The van der Waals surface area contributed by atoms with Crippen LogP contribution in [0.2, 0.25) is 0 Å². The Morgan fingerprint density at radius 2 is 1.89 bits per heavy atom. The van der Waals surface area contributed by atoms with E-state index < -0.39 is 5.92 Å². The first-order valence-corrected chi connectivity index (χ1v) is 7.08. The van der Waals surface area contributed by atoms with Gasteiger partial charge in [-0.15, -0.1) is 0 Å². The summed E-state index contributed by atoms with van der Waals surface area (Å²) in [6, 6.07) is 9.69. The van der Waals surface area contributed by atoms with E-state index in [4.69, 9.17) is 18.0 Å². The third kappa shape index (κ3) is 3.77. The molecule has 0 bridgehead atoms. The smallest absolute Gasteiger partial charge is 0.237 e. The molecule has 0 aromatic heterocycles. The first-order chi connectivity index (χ1) is 9.02. The molecule has 0 aliphatic heterocycles. The topological polar surface area (TPSA) is 46.3 Å². The molecule has 19 heavy (non-hydrogen) atoms. The number of nitrogens with two attached hydrogens (primary N) is 1. The zero-order valence-electron chi connectivity index (χ0n) is 11.8. The normalized spacial score (nSPS) is 13.6. The van der Waals surface area contributed by atoms with Crippen molar-refractivity contribution < 1.29 is 4.79 Å². The fourth-order valence-corrected chi connectivity index (χ4v) is 2.38. The van der Waals surface area contributed by atoms with Gasteiger partial charge in [0.15, 0.2) is 0 Å². The number of rotatable bonds is 6. The highest BCUT2D eigenvalue weighted by Gasteiger charge is 2.29. The van der Waals surface area contributed by atoms with Crippen LogP contribution in [0.1, 0.15) is 38.7 Å². The second-order valence-corrected chi connectivity index (χ2v) is 5.10. The van der Waals surface area contributed by atoms with E-state index in [9.17, 15) is 4.79 Å². The van der Waals surface area contributed by atoms with Gasteiger partial charge in [0.2, 0.25) is 5.91 Å². The van der Waals surface area contributed by atoms with E-state index in [1.54, 1.807) is 0 Å². The van der Waals surface area contributed by atoms with Crippen molar-refractivity contribution in [2.75, 3.05) is 6.54 Å². The molecule has 104 valence electrons. The SMILES string of the molecule is CCC(C)N(CC)C(=O)C(C(N)=S)c1ccccc1. The summed E-state index contributed by atoms with van der Waals surface area (Å²) in [5.74, 6) is -0.527. The molecule has 0 radical (unpaired) electrons. The maximum absolute atomic E-state index is 12.7. The summed E-state index contributed by atoms with van der Waals surface area (Å²) in [6.07, 6.45) is 0.915. The van der Waals surface area contributed by atoms with Crippen LogP contribution in [-0.2, 0) is 4.79 Å². The van der Waals surface area contributed by atoms with Gasteiger partial charge in [-0.25, -0.2) is 0 Å². The minimum Gasteiger partial charge on any atom is -0.392 e. The monoisotopic (exact) mass is 278 g/mol. The lowest BCUT2D eigenvalue weighted by Gasteiger charge is -2.31. The van der Waals surface area contributed by atoms with Crippen molar-refractivity contribution in [2.45, 2.75) is 39.2 Å². The average Bonchev–Trinajstić information content (AvgIpc) is 2.40. The summed E-state index contributed by atoms with van der Waals surface area (Å²) in [7, 11) is 0. The number of hydrogen-bond donors (Lipinski definition) is 1. The van der Waals surface area contributed by atoms with Gasteiger partial charge in [0.25, 0.3) is 0 Å². The Kier molecular flexibility index (Phi) is 5.96. The highest BCUT2D eigenvalue weighted by Crippen LogP contribution is 2.21. The molecule has 1 aromatic carbocycles. The van der Waals surface area contributed by atoms with Crippen molar-refractivity contribution in [3.8, 4) is 0 Å². The van der Waals surface area contributed by atoms with Crippen LogP contribution in [0.15, 0.2) is 30.3 Å². The molecule has 3 nitrogen and oxygen atoms in total. The summed E-state index contributed by atoms with van der Waals surface area (Å²) < 4.78 is 0. The fraction of sp³-hybridized carbons (Fsp3) is 0.467. The molecule has 2 atom stereocenters. The molecular weight excluding hydrogens is 256 g/mol. The lowest BCUT2D eigenvalue weighted by Crippen LogP contribution is -2.44. The largest absolute Gasteiger partial charge is 0.392 e. The molecule has 1 amide bonds. The van der Waals surface area contributed by atoms with Gasteiger partial charge in [0, 0.05) is 12.6 Å². The average molecular weight is 278 g/mol. The van der Waals surface area contributed by atoms with Crippen LogP contribution in [-0.4, -0.2) is 28.4 Å². The minimum absolute atomic E-state index is 0.00412. The van der Waals surface area contributed by atoms with Crippen LogP contribution < -0.4 is 5.73 Å². The van der Waals surface area contributed by atoms with E-state index >= 15 is 0 Å². The fourth-order valence-electron chi connectivity index (χ4n) is 2.14. The van der Waals surface area contributed by atoms with Crippen LogP contribution in [0.4, 0.5) is 0 Å². The number of likely N-dealkylation sites (N-methyl/N-ethyl adjacent to an activating group) is 1. The van der Waals surface area contributed by atoms with E-state index in [2.05, 4.69) is 6.92 Å². The van der Waals surface area contributed by atoms with Crippen molar-refractivity contribution in [2.24, 2.45) is 5.73 Å². The molecule has 0 saturated carbocycles. The van der Waals surface area contributed by atoms with E-state index in [1.165, 1.54) is 0 Å². The van der Waals surface area contributed by atoms with Gasteiger partial charge in [0.05, 0.1) is 4.99 Å². The third-order valence-corrected chi connectivity index (χ3v) is 3.65.